The average molecular weight is 312 g/mol. The standard InChI is InChI=1S/C19H28N4/c1-6-15(4)20-18-12-19(22-16(5)21-18)23(14(2)3)13-17-10-8-7-9-11-17/h7-12,14-15H,6,13H2,1-5H3,(H,20,21,22). The van der Waals surface area contributed by atoms with Gasteiger partial charge >= 0.3 is 0 Å². The molecule has 0 bridgehead atoms. The van der Waals surface area contributed by atoms with Crippen LogP contribution >= 0.6 is 0 Å². The Labute approximate surface area is 140 Å². The highest BCUT2D eigenvalue weighted by Gasteiger charge is 2.15. The Kier molecular flexibility index (Phi) is 5.97. The average Bonchev–Trinajstić information content (AvgIpc) is 2.52. The Bertz CT molecular complexity index is 610. The number of anilines is 2. The molecular formula is C19H28N4. The van der Waals surface area contributed by atoms with Gasteiger partial charge in [0.05, 0.1) is 0 Å². The summed E-state index contributed by atoms with van der Waals surface area (Å²) < 4.78 is 0. The zero-order valence-corrected chi connectivity index (χ0v) is 14.9. The molecule has 0 saturated heterocycles. The van der Waals surface area contributed by atoms with Gasteiger partial charge in [0.2, 0.25) is 0 Å². The summed E-state index contributed by atoms with van der Waals surface area (Å²) in [6.07, 6.45) is 1.07. The van der Waals surface area contributed by atoms with Crippen molar-refractivity contribution in [1.29, 1.82) is 0 Å². The molecule has 1 heterocycles. The van der Waals surface area contributed by atoms with Crippen molar-refractivity contribution in [2.45, 2.75) is 59.7 Å². The van der Waals surface area contributed by atoms with Crippen LogP contribution < -0.4 is 10.2 Å². The van der Waals surface area contributed by atoms with Crippen molar-refractivity contribution in [3.05, 3.63) is 47.8 Å². The molecule has 0 aliphatic heterocycles. The summed E-state index contributed by atoms with van der Waals surface area (Å²) in [5.41, 5.74) is 1.29. The summed E-state index contributed by atoms with van der Waals surface area (Å²) in [4.78, 5) is 11.5. The van der Waals surface area contributed by atoms with E-state index in [2.05, 4.69) is 78.2 Å². The lowest BCUT2D eigenvalue weighted by molar-refractivity contribution is 0.669. The van der Waals surface area contributed by atoms with Gasteiger partial charge in [-0.15, -0.1) is 0 Å². The highest BCUT2D eigenvalue weighted by molar-refractivity contribution is 5.50. The second-order valence-corrected chi connectivity index (χ2v) is 6.32. The molecule has 1 atom stereocenters. The number of hydrogen-bond donors (Lipinski definition) is 1. The van der Waals surface area contributed by atoms with E-state index in [1.807, 2.05) is 13.0 Å². The van der Waals surface area contributed by atoms with Crippen LogP contribution in [0.2, 0.25) is 0 Å². The lowest BCUT2D eigenvalue weighted by atomic mass is 10.2. The van der Waals surface area contributed by atoms with Crippen molar-refractivity contribution in [3.8, 4) is 0 Å². The van der Waals surface area contributed by atoms with E-state index in [1.165, 1.54) is 5.56 Å². The van der Waals surface area contributed by atoms with Crippen LogP contribution in [0.15, 0.2) is 36.4 Å². The molecule has 124 valence electrons. The first-order chi connectivity index (χ1) is 11.0. The topological polar surface area (TPSA) is 41.0 Å². The number of nitrogens with one attached hydrogen (secondary N) is 1. The highest BCUT2D eigenvalue weighted by Crippen LogP contribution is 2.21. The minimum atomic E-state index is 0.362. The van der Waals surface area contributed by atoms with Crippen LogP contribution in [0.4, 0.5) is 11.6 Å². The van der Waals surface area contributed by atoms with Gasteiger partial charge in [0.15, 0.2) is 0 Å². The number of aryl methyl sites for hydroxylation is 1. The first-order valence-electron chi connectivity index (χ1n) is 8.42. The summed E-state index contributed by atoms with van der Waals surface area (Å²) >= 11 is 0. The molecule has 0 aliphatic rings. The van der Waals surface area contributed by atoms with E-state index in [1.54, 1.807) is 0 Å². The lowest BCUT2D eigenvalue weighted by Gasteiger charge is -2.28. The molecule has 1 unspecified atom stereocenters. The van der Waals surface area contributed by atoms with Crippen LogP contribution in [-0.2, 0) is 6.54 Å². The van der Waals surface area contributed by atoms with Crippen LogP contribution in [0.25, 0.3) is 0 Å². The maximum atomic E-state index is 4.66. The van der Waals surface area contributed by atoms with E-state index in [0.29, 0.717) is 12.1 Å². The van der Waals surface area contributed by atoms with Gasteiger partial charge in [-0.05, 0) is 39.7 Å². The van der Waals surface area contributed by atoms with E-state index in [4.69, 9.17) is 0 Å². The SMILES string of the molecule is CCC(C)Nc1cc(N(Cc2ccccc2)C(C)C)nc(C)n1. The van der Waals surface area contributed by atoms with Crippen molar-refractivity contribution in [3.63, 3.8) is 0 Å². The monoisotopic (exact) mass is 312 g/mol. The van der Waals surface area contributed by atoms with Gasteiger partial charge in [0, 0.05) is 24.7 Å². The van der Waals surface area contributed by atoms with Crippen LogP contribution in [-0.4, -0.2) is 22.1 Å². The summed E-state index contributed by atoms with van der Waals surface area (Å²) in [6, 6.07) is 13.3. The molecule has 4 nitrogen and oxygen atoms in total. The number of aromatic nitrogens is 2. The normalized spacial score (nSPS) is 12.3. The molecule has 0 spiro atoms. The second-order valence-electron chi connectivity index (χ2n) is 6.32. The van der Waals surface area contributed by atoms with Crippen molar-refractivity contribution < 1.29 is 0 Å². The molecule has 4 heteroatoms. The predicted molar refractivity (Wildman–Crippen MR) is 97.9 cm³/mol. The third-order valence-electron chi connectivity index (χ3n) is 3.94. The van der Waals surface area contributed by atoms with Crippen LogP contribution in [0, 0.1) is 6.92 Å². The molecule has 2 rings (SSSR count). The molecule has 0 saturated carbocycles. The van der Waals surface area contributed by atoms with Crippen molar-refractivity contribution in [2.75, 3.05) is 10.2 Å². The lowest BCUT2D eigenvalue weighted by Crippen LogP contribution is -2.31. The third-order valence-corrected chi connectivity index (χ3v) is 3.94. The molecule has 0 aliphatic carbocycles. The van der Waals surface area contributed by atoms with Crippen molar-refractivity contribution in [2.24, 2.45) is 0 Å². The second kappa shape index (κ2) is 7.95. The van der Waals surface area contributed by atoms with E-state index < -0.39 is 0 Å². The Morgan fingerprint density at radius 2 is 1.78 bits per heavy atom. The zero-order chi connectivity index (χ0) is 16.8. The first-order valence-corrected chi connectivity index (χ1v) is 8.42. The zero-order valence-electron chi connectivity index (χ0n) is 14.9. The fourth-order valence-electron chi connectivity index (χ4n) is 2.44. The fraction of sp³-hybridized carbons (Fsp3) is 0.474. The van der Waals surface area contributed by atoms with Gasteiger partial charge < -0.3 is 10.2 Å². The number of nitrogens with zero attached hydrogens (tertiary/aromatic N) is 3. The van der Waals surface area contributed by atoms with Gasteiger partial charge in [-0.1, -0.05) is 37.3 Å². The van der Waals surface area contributed by atoms with Gasteiger partial charge in [-0.3, -0.25) is 0 Å². The first kappa shape index (κ1) is 17.3. The molecule has 2 aromatic rings. The maximum Gasteiger partial charge on any atom is 0.134 e. The van der Waals surface area contributed by atoms with Crippen LogP contribution in [0.5, 0.6) is 0 Å². The minimum Gasteiger partial charge on any atom is -0.367 e. The van der Waals surface area contributed by atoms with E-state index in [-0.39, 0.29) is 0 Å². The minimum absolute atomic E-state index is 0.362. The van der Waals surface area contributed by atoms with Gasteiger partial charge in [-0.2, -0.15) is 0 Å². The Balaban J connectivity index is 2.28. The van der Waals surface area contributed by atoms with Gasteiger partial charge in [-0.25, -0.2) is 9.97 Å². The molecule has 23 heavy (non-hydrogen) atoms. The third kappa shape index (κ3) is 4.95. The van der Waals surface area contributed by atoms with Gasteiger partial charge in [0.1, 0.15) is 17.5 Å². The summed E-state index contributed by atoms with van der Waals surface area (Å²) in [6.45, 7) is 11.5. The number of rotatable bonds is 7. The molecule has 1 aromatic heterocycles. The highest BCUT2D eigenvalue weighted by atomic mass is 15.2. The largest absolute Gasteiger partial charge is 0.367 e. The Hall–Kier alpha value is -2.10. The maximum absolute atomic E-state index is 4.66. The van der Waals surface area contributed by atoms with Crippen molar-refractivity contribution in [1.82, 2.24) is 9.97 Å². The molecule has 1 aromatic carbocycles. The molecule has 1 N–H and O–H groups in total. The molecule has 0 radical (unpaired) electrons. The summed E-state index contributed by atoms with van der Waals surface area (Å²) in [7, 11) is 0. The Morgan fingerprint density at radius 3 is 2.39 bits per heavy atom. The van der Waals surface area contributed by atoms with E-state index >= 15 is 0 Å². The number of benzene rings is 1. The Morgan fingerprint density at radius 1 is 1.09 bits per heavy atom. The quantitative estimate of drug-likeness (QED) is 0.822. The van der Waals surface area contributed by atoms with Crippen LogP contribution in [0.3, 0.4) is 0 Å². The molecule has 0 fully saturated rings. The van der Waals surface area contributed by atoms with Crippen LogP contribution in [0.1, 0.15) is 45.5 Å². The van der Waals surface area contributed by atoms with Crippen molar-refractivity contribution >= 4 is 11.6 Å². The summed E-state index contributed by atoms with van der Waals surface area (Å²) in [5.74, 6) is 2.68. The molecule has 0 amide bonds. The molecular weight excluding hydrogens is 284 g/mol. The van der Waals surface area contributed by atoms with E-state index in [9.17, 15) is 0 Å². The summed E-state index contributed by atoms with van der Waals surface area (Å²) in [5, 5.41) is 3.45. The fourth-order valence-corrected chi connectivity index (χ4v) is 2.44. The van der Waals surface area contributed by atoms with Gasteiger partial charge in [0.25, 0.3) is 0 Å². The smallest absolute Gasteiger partial charge is 0.134 e. The van der Waals surface area contributed by atoms with E-state index in [0.717, 1.165) is 30.4 Å². The number of hydrogen-bond acceptors (Lipinski definition) is 4. The predicted octanol–water partition coefficient (Wildman–Crippen LogP) is 4.41.